The van der Waals surface area contributed by atoms with E-state index in [2.05, 4.69) is 11.1 Å². The summed E-state index contributed by atoms with van der Waals surface area (Å²) in [6.45, 7) is 1.93. The van der Waals surface area contributed by atoms with E-state index >= 15 is 0 Å². The van der Waals surface area contributed by atoms with E-state index in [4.69, 9.17) is 5.26 Å². The SMILES string of the molecule is CCC(CC#N)C(=O)c1cccc2cccnc12. The Morgan fingerprint density at radius 3 is 2.89 bits per heavy atom. The Hall–Kier alpha value is -2.21. The third kappa shape index (κ3) is 2.23. The van der Waals surface area contributed by atoms with Crippen molar-refractivity contribution in [3.8, 4) is 6.07 Å². The summed E-state index contributed by atoms with van der Waals surface area (Å²) in [6.07, 6.45) is 2.62. The number of rotatable bonds is 4. The van der Waals surface area contributed by atoms with E-state index < -0.39 is 0 Å². The van der Waals surface area contributed by atoms with Crippen molar-refractivity contribution in [3.05, 3.63) is 42.1 Å². The van der Waals surface area contributed by atoms with Gasteiger partial charge in [0, 0.05) is 29.5 Å². The number of hydrogen-bond acceptors (Lipinski definition) is 3. The molecule has 0 saturated carbocycles. The van der Waals surface area contributed by atoms with Gasteiger partial charge in [-0.2, -0.15) is 5.26 Å². The quantitative estimate of drug-likeness (QED) is 0.767. The molecule has 2 rings (SSSR count). The van der Waals surface area contributed by atoms with Gasteiger partial charge in [0.1, 0.15) is 0 Å². The lowest BCUT2D eigenvalue weighted by Crippen LogP contribution is -2.14. The minimum Gasteiger partial charge on any atom is -0.294 e. The maximum atomic E-state index is 12.4. The lowest BCUT2D eigenvalue weighted by molar-refractivity contribution is 0.0920. The third-order valence-electron chi connectivity index (χ3n) is 3.10. The van der Waals surface area contributed by atoms with Crippen LogP contribution in [-0.2, 0) is 0 Å². The summed E-state index contributed by atoms with van der Waals surface area (Å²) in [5.74, 6) is -0.217. The minimum atomic E-state index is -0.234. The highest BCUT2D eigenvalue weighted by atomic mass is 16.1. The normalized spacial score (nSPS) is 12.0. The number of para-hydroxylation sites is 1. The van der Waals surface area contributed by atoms with Gasteiger partial charge in [0.2, 0.25) is 0 Å². The number of fused-ring (bicyclic) bond motifs is 1. The zero-order valence-corrected chi connectivity index (χ0v) is 10.3. The average Bonchev–Trinajstić information content (AvgIpc) is 2.43. The van der Waals surface area contributed by atoms with Gasteiger partial charge in [0.05, 0.1) is 11.6 Å². The predicted octanol–water partition coefficient (Wildman–Crippen LogP) is 3.36. The van der Waals surface area contributed by atoms with Gasteiger partial charge < -0.3 is 0 Å². The molecule has 0 fully saturated rings. The maximum absolute atomic E-state index is 12.4. The summed E-state index contributed by atoms with van der Waals surface area (Å²) in [5.41, 5.74) is 1.34. The lowest BCUT2D eigenvalue weighted by Gasteiger charge is -2.11. The molecule has 0 bridgehead atoms. The Balaban J connectivity index is 2.48. The summed E-state index contributed by atoms with van der Waals surface area (Å²) in [7, 11) is 0. The van der Waals surface area contributed by atoms with E-state index in [0.717, 1.165) is 10.9 Å². The standard InChI is InChI=1S/C15H14N2O/c1-2-11(8-9-16)15(18)13-7-3-5-12-6-4-10-17-14(12)13/h3-7,10-11H,2,8H2,1H3. The van der Waals surface area contributed by atoms with Gasteiger partial charge in [-0.1, -0.05) is 25.1 Å². The van der Waals surface area contributed by atoms with Gasteiger partial charge >= 0.3 is 0 Å². The topological polar surface area (TPSA) is 53.8 Å². The minimum absolute atomic E-state index is 0.0170. The fourth-order valence-corrected chi connectivity index (χ4v) is 2.06. The van der Waals surface area contributed by atoms with Gasteiger partial charge in [-0.25, -0.2) is 0 Å². The second kappa shape index (κ2) is 5.42. The molecule has 1 atom stereocenters. The molecule has 0 saturated heterocycles. The number of hydrogen-bond donors (Lipinski definition) is 0. The Morgan fingerprint density at radius 2 is 2.17 bits per heavy atom. The molecule has 0 amide bonds. The van der Waals surface area contributed by atoms with Crippen molar-refractivity contribution in [1.29, 1.82) is 5.26 Å². The summed E-state index contributed by atoms with van der Waals surface area (Å²) in [6, 6.07) is 11.4. The molecule has 1 aromatic carbocycles. The van der Waals surface area contributed by atoms with Crippen LogP contribution in [0.1, 0.15) is 30.1 Å². The average molecular weight is 238 g/mol. The van der Waals surface area contributed by atoms with Crippen molar-refractivity contribution in [2.75, 3.05) is 0 Å². The predicted molar refractivity (Wildman–Crippen MR) is 70.1 cm³/mol. The Kier molecular flexibility index (Phi) is 3.69. The van der Waals surface area contributed by atoms with E-state index in [0.29, 0.717) is 12.0 Å². The number of benzene rings is 1. The van der Waals surface area contributed by atoms with Crippen LogP contribution in [0.15, 0.2) is 36.5 Å². The molecule has 1 aromatic heterocycles. The van der Waals surface area contributed by atoms with Crippen LogP contribution in [0.4, 0.5) is 0 Å². The number of carbonyl (C=O) groups is 1. The highest BCUT2D eigenvalue weighted by Gasteiger charge is 2.20. The van der Waals surface area contributed by atoms with Gasteiger partial charge in [-0.15, -0.1) is 0 Å². The molecule has 0 aliphatic carbocycles. The summed E-state index contributed by atoms with van der Waals surface area (Å²) >= 11 is 0. The summed E-state index contributed by atoms with van der Waals surface area (Å²) in [4.78, 5) is 16.7. The van der Waals surface area contributed by atoms with Crippen LogP contribution >= 0.6 is 0 Å². The molecule has 90 valence electrons. The number of nitriles is 1. The molecule has 1 heterocycles. The molecule has 3 heteroatoms. The number of carbonyl (C=O) groups excluding carboxylic acids is 1. The highest BCUT2D eigenvalue weighted by Crippen LogP contribution is 2.22. The van der Waals surface area contributed by atoms with Crippen molar-refractivity contribution in [2.24, 2.45) is 5.92 Å². The van der Waals surface area contributed by atoms with E-state index in [1.165, 1.54) is 0 Å². The van der Waals surface area contributed by atoms with E-state index in [-0.39, 0.29) is 18.1 Å². The van der Waals surface area contributed by atoms with Crippen LogP contribution in [-0.4, -0.2) is 10.8 Å². The zero-order valence-electron chi connectivity index (χ0n) is 10.3. The second-order valence-electron chi connectivity index (χ2n) is 4.21. The molecular formula is C15H14N2O. The molecule has 3 nitrogen and oxygen atoms in total. The summed E-state index contributed by atoms with van der Waals surface area (Å²) < 4.78 is 0. The zero-order chi connectivity index (χ0) is 13.0. The molecule has 0 N–H and O–H groups in total. The van der Waals surface area contributed by atoms with Gasteiger partial charge in [0.25, 0.3) is 0 Å². The van der Waals surface area contributed by atoms with E-state index in [9.17, 15) is 4.79 Å². The molecule has 18 heavy (non-hydrogen) atoms. The van der Waals surface area contributed by atoms with Crippen LogP contribution in [0.2, 0.25) is 0 Å². The van der Waals surface area contributed by atoms with Gasteiger partial charge in [-0.05, 0) is 18.6 Å². The van der Waals surface area contributed by atoms with Crippen molar-refractivity contribution >= 4 is 16.7 Å². The van der Waals surface area contributed by atoms with Crippen LogP contribution in [0.3, 0.4) is 0 Å². The monoisotopic (exact) mass is 238 g/mol. The van der Waals surface area contributed by atoms with Crippen molar-refractivity contribution in [1.82, 2.24) is 4.98 Å². The fraction of sp³-hybridized carbons (Fsp3) is 0.267. The van der Waals surface area contributed by atoms with Gasteiger partial charge in [-0.3, -0.25) is 9.78 Å². The molecule has 0 spiro atoms. The smallest absolute Gasteiger partial charge is 0.169 e. The Bertz CT molecular complexity index is 608. The fourth-order valence-electron chi connectivity index (χ4n) is 2.06. The lowest BCUT2D eigenvalue weighted by atomic mass is 9.91. The molecule has 1 unspecified atom stereocenters. The van der Waals surface area contributed by atoms with Crippen LogP contribution in [0.25, 0.3) is 10.9 Å². The first-order chi connectivity index (χ1) is 8.77. The Morgan fingerprint density at radius 1 is 1.39 bits per heavy atom. The Labute approximate surface area is 106 Å². The number of Topliss-reactive ketones (excluding diaryl/α,β-unsaturated/α-hetero) is 1. The first kappa shape index (κ1) is 12.3. The number of pyridine rings is 1. The highest BCUT2D eigenvalue weighted by molar-refractivity contribution is 6.07. The maximum Gasteiger partial charge on any atom is 0.169 e. The van der Waals surface area contributed by atoms with Crippen molar-refractivity contribution < 1.29 is 4.79 Å². The molecule has 0 aliphatic rings. The van der Waals surface area contributed by atoms with E-state index in [1.807, 2.05) is 31.2 Å². The molecular weight excluding hydrogens is 224 g/mol. The number of ketones is 1. The summed E-state index contributed by atoms with van der Waals surface area (Å²) in [5, 5.41) is 9.71. The van der Waals surface area contributed by atoms with Crippen LogP contribution < -0.4 is 0 Å². The molecule has 0 radical (unpaired) electrons. The van der Waals surface area contributed by atoms with E-state index in [1.54, 1.807) is 12.3 Å². The third-order valence-corrected chi connectivity index (χ3v) is 3.10. The van der Waals surface area contributed by atoms with Crippen molar-refractivity contribution in [3.63, 3.8) is 0 Å². The first-order valence-corrected chi connectivity index (χ1v) is 6.02. The largest absolute Gasteiger partial charge is 0.294 e. The van der Waals surface area contributed by atoms with Crippen molar-refractivity contribution in [2.45, 2.75) is 19.8 Å². The number of aromatic nitrogens is 1. The second-order valence-corrected chi connectivity index (χ2v) is 4.21. The van der Waals surface area contributed by atoms with Crippen LogP contribution in [0, 0.1) is 17.2 Å². The first-order valence-electron chi connectivity index (χ1n) is 6.02. The number of nitrogens with zero attached hydrogens (tertiary/aromatic N) is 2. The molecule has 0 aliphatic heterocycles. The van der Waals surface area contributed by atoms with Crippen LogP contribution in [0.5, 0.6) is 0 Å². The van der Waals surface area contributed by atoms with Gasteiger partial charge in [0.15, 0.2) is 5.78 Å². The molecule has 2 aromatic rings.